The summed E-state index contributed by atoms with van der Waals surface area (Å²) < 4.78 is 4.77. The van der Waals surface area contributed by atoms with Crippen LogP contribution in [0, 0.1) is 6.92 Å². The van der Waals surface area contributed by atoms with Gasteiger partial charge in [-0.25, -0.2) is 0 Å². The van der Waals surface area contributed by atoms with Gasteiger partial charge in [0.25, 0.3) is 0 Å². The highest BCUT2D eigenvalue weighted by Gasteiger charge is 2.16. The number of amides is 1. The number of carbonyl (C=O) groups is 1. The van der Waals surface area contributed by atoms with E-state index >= 15 is 0 Å². The molecule has 7 heteroatoms. The highest BCUT2D eigenvalue weighted by molar-refractivity contribution is 5.93. The average Bonchev–Trinajstić information content (AvgIpc) is 2.77. The minimum absolute atomic E-state index is 0.0312. The van der Waals surface area contributed by atoms with E-state index in [0.717, 1.165) is 5.56 Å². The van der Waals surface area contributed by atoms with Gasteiger partial charge in [-0.1, -0.05) is 17.3 Å². The molecule has 0 bridgehead atoms. The van der Waals surface area contributed by atoms with Gasteiger partial charge in [0.2, 0.25) is 5.91 Å². The van der Waals surface area contributed by atoms with Crippen LogP contribution >= 0.6 is 0 Å². The highest BCUT2D eigenvalue weighted by Crippen LogP contribution is 2.11. The number of benzene rings is 1. The second kappa shape index (κ2) is 5.49. The Morgan fingerprint density at radius 2 is 2.16 bits per heavy atom. The molecule has 0 radical (unpaired) electrons. The van der Waals surface area contributed by atoms with Gasteiger partial charge in [-0.05, 0) is 31.0 Å². The van der Waals surface area contributed by atoms with Gasteiger partial charge in [0.1, 0.15) is 5.75 Å². The Morgan fingerprint density at radius 3 is 2.74 bits per heavy atom. The minimum atomic E-state index is -0.739. The van der Waals surface area contributed by atoms with Crippen LogP contribution < -0.4 is 11.1 Å². The maximum atomic E-state index is 11.8. The summed E-state index contributed by atoms with van der Waals surface area (Å²) in [6.45, 7) is 1.65. The van der Waals surface area contributed by atoms with E-state index in [0.29, 0.717) is 12.2 Å². The number of phenolic OH excluding ortho intramolecular Hbond substituents is 1. The zero-order valence-corrected chi connectivity index (χ0v) is 10.3. The molecular weight excluding hydrogens is 248 g/mol. The summed E-state index contributed by atoms with van der Waals surface area (Å²) in [4.78, 5) is 15.6. The molecule has 0 saturated heterocycles. The van der Waals surface area contributed by atoms with E-state index in [1.165, 1.54) is 0 Å². The van der Waals surface area contributed by atoms with Crippen molar-refractivity contribution in [1.82, 2.24) is 10.1 Å². The molecule has 1 atom stereocenters. The molecule has 0 aliphatic rings. The zero-order chi connectivity index (χ0) is 13.8. The third-order valence-corrected chi connectivity index (χ3v) is 2.49. The molecule has 1 amide bonds. The number of aryl methyl sites for hydroxylation is 1. The lowest BCUT2D eigenvalue weighted by Gasteiger charge is -2.10. The molecule has 19 heavy (non-hydrogen) atoms. The summed E-state index contributed by atoms with van der Waals surface area (Å²) >= 11 is 0. The molecule has 0 aliphatic heterocycles. The monoisotopic (exact) mass is 262 g/mol. The Kier molecular flexibility index (Phi) is 3.76. The van der Waals surface area contributed by atoms with Gasteiger partial charge in [-0.3, -0.25) is 10.1 Å². The molecule has 100 valence electrons. The molecule has 0 aliphatic carbocycles. The zero-order valence-electron chi connectivity index (χ0n) is 10.3. The van der Waals surface area contributed by atoms with Crippen LogP contribution in [-0.4, -0.2) is 27.2 Å². The van der Waals surface area contributed by atoms with Crippen molar-refractivity contribution in [3.8, 4) is 5.75 Å². The van der Waals surface area contributed by atoms with Crippen LogP contribution in [0.1, 0.15) is 11.4 Å². The lowest BCUT2D eigenvalue weighted by atomic mass is 10.1. The third-order valence-electron chi connectivity index (χ3n) is 2.49. The van der Waals surface area contributed by atoms with Crippen molar-refractivity contribution < 1.29 is 14.4 Å². The van der Waals surface area contributed by atoms with Crippen LogP contribution in [0.2, 0.25) is 0 Å². The van der Waals surface area contributed by atoms with E-state index in [2.05, 4.69) is 15.5 Å². The molecule has 0 fully saturated rings. The van der Waals surface area contributed by atoms with Crippen LogP contribution in [-0.2, 0) is 11.2 Å². The summed E-state index contributed by atoms with van der Waals surface area (Å²) in [6, 6.07) is 5.79. The van der Waals surface area contributed by atoms with Crippen LogP contribution in [0.25, 0.3) is 0 Å². The number of phenols is 1. The number of aromatic hydroxyl groups is 1. The summed E-state index contributed by atoms with van der Waals surface area (Å²) in [6.07, 6.45) is 0.346. The second-order valence-corrected chi connectivity index (χ2v) is 4.11. The second-order valence-electron chi connectivity index (χ2n) is 4.11. The molecule has 4 N–H and O–H groups in total. The first-order valence-electron chi connectivity index (χ1n) is 5.69. The van der Waals surface area contributed by atoms with Gasteiger partial charge in [-0.15, -0.1) is 0 Å². The van der Waals surface area contributed by atoms with Gasteiger partial charge in [-0.2, -0.15) is 4.98 Å². The predicted octanol–water partition coefficient (Wildman–Crippen LogP) is 0.592. The number of hydrogen-bond acceptors (Lipinski definition) is 6. The normalized spacial score (nSPS) is 12.1. The van der Waals surface area contributed by atoms with Gasteiger partial charge >= 0.3 is 6.01 Å². The Labute approximate surface area is 109 Å². The van der Waals surface area contributed by atoms with Crippen LogP contribution in [0.4, 0.5) is 6.01 Å². The summed E-state index contributed by atoms with van der Waals surface area (Å²) in [5.41, 5.74) is 6.63. The molecule has 1 heterocycles. The Morgan fingerprint density at radius 1 is 1.47 bits per heavy atom. The molecular formula is C12H14N4O3. The lowest BCUT2D eigenvalue weighted by Crippen LogP contribution is -2.37. The molecule has 2 aromatic rings. The fourth-order valence-electron chi connectivity index (χ4n) is 1.52. The maximum absolute atomic E-state index is 11.8. The molecule has 1 aromatic carbocycles. The number of anilines is 1. The van der Waals surface area contributed by atoms with Crippen molar-refractivity contribution in [2.75, 3.05) is 5.32 Å². The number of nitrogens with zero attached hydrogens (tertiary/aromatic N) is 2. The molecule has 0 saturated carbocycles. The van der Waals surface area contributed by atoms with E-state index in [-0.39, 0.29) is 11.8 Å². The molecule has 7 nitrogen and oxygen atoms in total. The average molecular weight is 262 g/mol. The Bertz CT molecular complexity index is 565. The first kappa shape index (κ1) is 13.0. The molecule has 0 spiro atoms. The number of carbonyl (C=O) groups excluding carboxylic acids is 1. The number of nitrogens with one attached hydrogen (secondary N) is 1. The van der Waals surface area contributed by atoms with E-state index < -0.39 is 11.9 Å². The first-order valence-corrected chi connectivity index (χ1v) is 5.69. The Hall–Kier alpha value is -2.41. The van der Waals surface area contributed by atoms with Crippen LogP contribution in [0.5, 0.6) is 5.75 Å². The van der Waals surface area contributed by atoms with Crippen molar-refractivity contribution in [3.63, 3.8) is 0 Å². The van der Waals surface area contributed by atoms with E-state index in [9.17, 15) is 4.79 Å². The third kappa shape index (κ3) is 3.52. The topological polar surface area (TPSA) is 114 Å². The predicted molar refractivity (Wildman–Crippen MR) is 67.5 cm³/mol. The lowest BCUT2D eigenvalue weighted by molar-refractivity contribution is -0.117. The Balaban J connectivity index is 1.94. The van der Waals surface area contributed by atoms with Crippen LogP contribution in [0.3, 0.4) is 0 Å². The largest absolute Gasteiger partial charge is 0.508 e. The number of nitrogens with two attached hydrogens (primary N) is 1. The number of rotatable bonds is 4. The fourth-order valence-corrected chi connectivity index (χ4v) is 1.52. The molecule has 1 aromatic heterocycles. The van der Waals surface area contributed by atoms with Crippen molar-refractivity contribution >= 4 is 11.9 Å². The SMILES string of the molecule is Cc1noc(NC(=O)[C@@H](N)Cc2ccc(O)cc2)n1. The van der Waals surface area contributed by atoms with E-state index in [1.807, 2.05) is 0 Å². The van der Waals surface area contributed by atoms with E-state index in [1.54, 1.807) is 31.2 Å². The number of hydrogen-bond donors (Lipinski definition) is 3. The molecule has 2 rings (SSSR count). The van der Waals surface area contributed by atoms with Crippen molar-refractivity contribution in [2.24, 2.45) is 5.73 Å². The summed E-state index contributed by atoms with van der Waals surface area (Å²) in [5.74, 6) is 0.197. The number of aromatic nitrogens is 2. The van der Waals surface area contributed by atoms with Gasteiger partial charge in [0.15, 0.2) is 5.82 Å². The molecule has 0 unspecified atom stereocenters. The first-order chi connectivity index (χ1) is 9.04. The quantitative estimate of drug-likeness (QED) is 0.743. The van der Waals surface area contributed by atoms with Gasteiger partial charge < -0.3 is 15.4 Å². The minimum Gasteiger partial charge on any atom is -0.508 e. The highest BCUT2D eigenvalue weighted by atomic mass is 16.5. The summed E-state index contributed by atoms with van der Waals surface area (Å²) in [5, 5.41) is 15.2. The van der Waals surface area contributed by atoms with Gasteiger partial charge in [0.05, 0.1) is 6.04 Å². The summed E-state index contributed by atoms with van der Waals surface area (Å²) in [7, 11) is 0. The smallest absolute Gasteiger partial charge is 0.328 e. The van der Waals surface area contributed by atoms with Gasteiger partial charge in [0, 0.05) is 0 Å². The van der Waals surface area contributed by atoms with E-state index in [4.69, 9.17) is 15.4 Å². The van der Waals surface area contributed by atoms with Crippen LogP contribution in [0.15, 0.2) is 28.8 Å². The fraction of sp³-hybridized carbons (Fsp3) is 0.250. The van der Waals surface area contributed by atoms with Crippen molar-refractivity contribution in [3.05, 3.63) is 35.7 Å². The van der Waals surface area contributed by atoms with Crippen molar-refractivity contribution in [2.45, 2.75) is 19.4 Å². The standard InChI is InChI=1S/C12H14N4O3/c1-7-14-12(19-16-7)15-11(18)10(13)6-8-2-4-9(17)5-3-8/h2-5,10,17H,6,13H2,1H3,(H,14,15,16,18)/t10-/m0/s1. The maximum Gasteiger partial charge on any atom is 0.328 e. The van der Waals surface area contributed by atoms with Crippen molar-refractivity contribution in [1.29, 1.82) is 0 Å².